The number of amides is 1. The summed E-state index contributed by atoms with van der Waals surface area (Å²) in [6.45, 7) is 2.77. The first kappa shape index (κ1) is 21.6. The number of halogens is 2. The number of rotatable bonds is 7. The van der Waals surface area contributed by atoms with E-state index in [9.17, 15) is 14.9 Å². The van der Waals surface area contributed by atoms with Gasteiger partial charge in [-0.05, 0) is 37.6 Å². The normalized spacial score (nSPS) is 15.3. The van der Waals surface area contributed by atoms with Gasteiger partial charge < -0.3 is 9.80 Å². The van der Waals surface area contributed by atoms with Gasteiger partial charge >= 0.3 is 0 Å². The summed E-state index contributed by atoms with van der Waals surface area (Å²) in [5.41, 5.74) is 0.991. The molecule has 1 aliphatic rings. The van der Waals surface area contributed by atoms with Gasteiger partial charge in [0.15, 0.2) is 0 Å². The van der Waals surface area contributed by atoms with Crippen LogP contribution < -0.4 is 0 Å². The van der Waals surface area contributed by atoms with E-state index in [-0.39, 0.29) is 39.7 Å². The topological polar surface area (TPSA) is 66.7 Å². The zero-order chi connectivity index (χ0) is 21.0. The van der Waals surface area contributed by atoms with Crippen molar-refractivity contribution in [1.29, 1.82) is 0 Å². The number of likely N-dealkylation sites (N-methyl/N-ethyl adjacent to an activating group) is 1. The predicted octanol–water partition coefficient (Wildman–Crippen LogP) is 4.74. The average Bonchev–Trinajstić information content (AvgIpc) is 3.22. The number of hydrogen-bond donors (Lipinski definition) is 0. The van der Waals surface area contributed by atoms with Crippen LogP contribution in [0.4, 0.5) is 5.69 Å². The molecule has 0 unspecified atom stereocenters. The van der Waals surface area contributed by atoms with Gasteiger partial charge in [-0.1, -0.05) is 59.6 Å². The number of likely N-dealkylation sites (tertiary alicyclic amines) is 1. The molecule has 3 rings (SSSR count). The SMILES string of the molecule is CN(C(=O)Cc1ccc(Cl)c(Cl)c1[N+](=O)[O-])[C@H](CN1CCCC1)c1ccccc1. The Morgan fingerprint density at radius 2 is 1.83 bits per heavy atom. The number of carbonyl (C=O) groups excluding carboxylic acids is 1. The Balaban J connectivity index is 1.84. The minimum Gasteiger partial charge on any atom is -0.337 e. The van der Waals surface area contributed by atoms with E-state index in [1.165, 1.54) is 12.1 Å². The molecule has 0 spiro atoms. The van der Waals surface area contributed by atoms with Crippen LogP contribution in [0.25, 0.3) is 0 Å². The molecule has 1 saturated heterocycles. The summed E-state index contributed by atoms with van der Waals surface area (Å²) in [4.78, 5) is 28.0. The first-order valence-corrected chi connectivity index (χ1v) is 10.3. The van der Waals surface area contributed by atoms with Crippen LogP contribution in [0.1, 0.15) is 30.0 Å². The highest BCUT2D eigenvalue weighted by Gasteiger charge is 2.28. The molecule has 2 aromatic rings. The van der Waals surface area contributed by atoms with E-state index >= 15 is 0 Å². The fourth-order valence-electron chi connectivity index (χ4n) is 3.72. The standard InChI is InChI=1S/C21H23Cl2N3O3/c1-24(18(14-25-11-5-6-12-25)15-7-3-2-4-8-15)19(27)13-16-9-10-17(22)20(23)21(16)26(28)29/h2-4,7-10,18H,5-6,11-14H2,1H3/t18-/m1/s1. The van der Waals surface area contributed by atoms with E-state index in [0.29, 0.717) is 0 Å². The fourth-order valence-corrected chi connectivity index (χ4v) is 4.12. The van der Waals surface area contributed by atoms with Crippen molar-refractivity contribution < 1.29 is 9.72 Å². The lowest BCUT2D eigenvalue weighted by Gasteiger charge is -2.32. The Labute approximate surface area is 180 Å². The summed E-state index contributed by atoms with van der Waals surface area (Å²) in [7, 11) is 1.75. The molecule has 1 aliphatic heterocycles. The van der Waals surface area contributed by atoms with Gasteiger partial charge in [-0.15, -0.1) is 0 Å². The highest BCUT2D eigenvalue weighted by atomic mass is 35.5. The first-order chi connectivity index (χ1) is 13.9. The Morgan fingerprint density at radius 3 is 2.45 bits per heavy atom. The van der Waals surface area contributed by atoms with E-state index < -0.39 is 4.92 Å². The lowest BCUT2D eigenvalue weighted by atomic mass is 10.0. The smallest absolute Gasteiger partial charge is 0.293 e. The van der Waals surface area contributed by atoms with E-state index in [4.69, 9.17) is 23.2 Å². The second-order valence-corrected chi connectivity index (χ2v) is 8.03. The molecular weight excluding hydrogens is 413 g/mol. The molecule has 8 heteroatoms. The maximum absolute atomic E-state index is 13.1. The van der Waals surface area contributed by atoms with Crippen LogP contribution in [0.5, 0.6) is 0 Å². The van der Waals surface area contributed by atoms with E-state index in [1.54, 1.807) is 11.9 Å². The van der Waals surface area contributed by atoms with Crippen LogP contribution in [0, 0.1) is 10.1 Å². The molecule has 0 bridgehead atoms. The highest BCUT2D eigenvalue weighted by molar-refractivity contribution is 6.43. The van der Waals surface area contributed by atoms with Crippen molar-refractivity contribution in [3.63, 3.8) is 0 Å². The van der Waals surface area contributed by atoms with Crippen LogP contribution in [0.2, 0.25) is 10.0 Å². The molecule has 1 atom stereocenters. The van der Waals surface area contributed by atoms with E-state index in [1.807, 2.05) is 30.3 Å². The molecule has 29 heavy (non-hydrogen) atoms. The van der Waals surface area contributed by atoms with Crippen molar-refractivity contribution in [2.24, 2.45) is 0 Å². The van der Waals surface area contributed by atoms with Crippen molar-refractivity contribution in [3.8, 4) is 0 Å². The summed E-state index contributed by atoms with van der Waals surface area (Å²) in [6, 6.07) is 12.7. The van der Waals surface area contributed by atoms with Gasteiger partial charge in [0.2, 0.25) is 5.91 Å². The molecule has 0 saturated carbocycles. The highest BCUT2D eigenvalue weighted by Crippen LogP contribution is 2.35. The summed E-state index contributed by atoms with van der Waals surface area (Å²) >= 11 is 11.9. The minimum atomic E-state index is -0.588. The minimum absolute atomic E-state index is 0.0964. The zero-order valence-electron chi connectivity index (χ0n) is 16.2. The number of carbonyl (C=O) groups is 1. The quantitative estimate of drug-likeness (QED) is 0.465. The van der Waals surface area contributed by atoms with Crippen molar-refractivity contribution in [2.45, 2.75) is 25.3 Å². The van der Waals surface area contributed by atoms with Crippen molar-refractivity contribution in [3.05, 3.63) is 73.8 Å². The molecule has 0 aliphatic carbocycles. The summed E-state index contributed by atoms with van der Waals surface area (Å²) in [5, 5.41) is 11.4. The second kappa shape index (κ2) is 9.57. The summed E-state index contributed by atoms with van der Waals surface area (Å²) < 4.78 is 0. The van der Waals surface area contributed by atoms with Crippen LogP contribution in [-0.4, -0.2) is 47.3 Å². The van der Waals surface area contributed by atoms with Gasteiger partial charge in [-0.25, -0.2) is 0 Å². The van der Waals surface area contributed by atoms with Crippen molar-refractivity contribution in [1.82, 2.24) is 9.80 Å². The molecule has 6 nitrogen and oxygen atoms in total. The van der Waals surface area contributed by atoms with E-state index in [0.717, 1.165) is 38.0 Å². The molecule has 0 radical (unpaired) electrons. The molecule has 154 valence electrons. The average molecular weight is 436 g/mol. The lowest BCUT2D eigenvalue weighted by Crippen LogP contribution is -2.39. The Kier molecular flexibility index (Phi) is 7.11. The third-order valence-electron chi connectivity index (χ3n) is 5.35. The molecule has 2 aromatic carbocycles. The first-order valence-electron chi connectivity index (χ1n) is 9.52. The van der Waals surface area contributed by atoms with Gasteiger partial charge in [0.05, 0.1) is 22.4 Å². The largest absolute Gasteiger partial charge is 0.337 e. The van der Waals surface area contributed by atoms with Crippen LogP contribution >= 0.6 is 23.2 Å². The molecule has 1 heterocycles. The number of hydrogen-bond acceptors (Lipinski definition) is 4. The Hall–Kier alpha value is -2.15. The van der Waals surface area contributed by atoms with Gasteiger partial charge in [0.1, 0.15) is 5.02 Å². The second-order valence-electron chi connectivity index (χ2n) is 7.24. The third kappa shape index (κ3) is 5.07. The van der Waals surface area contributed by atoms with Gasteiger partial charge in [0.25, 0.3) is 5.69 Å². The predicted molar refractivity (Wildman–Crippen MR) is 114 cm³/mol. The monoisotopic (exact) mass is 435 g/mol. The van der Waals surface area contributed by atoms with Gasteiger partial charge in [0, 0.05) is 19.2 Å². The Bertz CT molecular complexity index is 886. The molecular formula is C21H23Cl2N3O3. The maximum atomic E-state index is 13.1. The fraction of sp³-hybridized carbons (Fsp3) is 0.381. The maximum Gasteiger partial charge on any atom is 0.293 e. The molecule has 0 aromatic heterocycles. The lowest BCUT2D eigenvalue weighted by molar-refractivity contribution is -0.385. The van der Waals surface area contributed by atoms with E-state index in [2.05, 4.69) is 4.90 Å². The van der Waals surface area contributed by atoms with Crippen molar-refractivity contribution in [2.75, 3.05) is 26.7 Å². The summed E-state index contributed by atoms with van der Waals surface area (Å²) in [5.74, 6) is -0.209. The number of nitrogens with zero attached hydrogens (tertiary/aromatic N) is 3. The van der Waals surface area contributed by atoms with Crippen LogP contribution in [0.3, 0.4) is 0 Å². The molecule has 0 N–H and O–H groups in total. The summed E-state index contributed by atoms with van der Waals surface area (Å²) in [6.07, 6.45) is 2.20. The van der Waals surface area contributed by atoms with Crippen LogP contribution in [-0.2, 0) is 11.2 Å². The number of nitro groups is 1. The number of benzene rings is 2. The molecule has 1 fully saturated rings. The van der Waals surface area contributed by atoms with Crippen LogP contribution in [0.15, 0.2) is 42.5 Å². The van der Waals surface area contributed by atoms with Gasteiger partial charge in [-0.2, -0.15) is 0 Å². The number of nitro benzene ring substituents is 1. The zero-order valence-corrected chi connectivity index (χ0v) is 17.7. The van der Waals surface area contributed by atoms with Gasteiger partial charge in [-0.3, -0.25) is 14.9 Å². The third-order valence-corrected chi connectivity index (χ3v) is 6.15. The Morgan fingerprint density at radius 1 is 1.17 bits per heavy atom. The molecule has 1 amide bonds. The van der Waals surface area contributed by atoms with Crippen molar-refractivity contribution >= 4 is 34.8 Å².